The molecule has 1 aromatic carbocycles. The summed E-state index contributed by atoms with van der Waals surface area (Å²) >= 11 is 0. The van der Waals surface area contributed by atoms with E-state index in [9.17, 15) is 9.18 Å². The molecule has 2 heterocycles. The lowest BCUT2D eigenvalue weighted by Gasteiger charge is -2.03. The summed E-state index contributed by atoms with van der Waals surface area (Å²) < 4.78 is 15.6. The number of rotatable bonds is 2. The van der Waals surface area contributed by atoms with Crippen LogP contribution in [0.4, 0.5) is 4.39 Å². The molecule has 0 fully saturated rings. The van der Waals surface area contributed by atoms with E-state index in [1.165, 1.54) is 33.9 Å². The van der Waals surface area contributed by atoms with E-state index in [1.807, 2.05) is 6.07 Å². The fraction of sp³-hybridized carbons (Fsp3) is 0.0769. The van der Waals surface area contributed by atoms with E-state index in [2.05, 4.69) is 10.1 Å². The highest BCUT2D eigenvalue weighted by atomic mass is 19.1. The van der Waals surface area contributed by atoms with Crippen molar-refractivity contribution in [1.82, 2.24) is 19.3 Å². The summed E-state index contributed by atoms with van der Waals surface area (Å²) in [5, 5.41) is 13.0. The average Bonchev–Trinajstić information content (AvgIpc) is 2.88. The molecule has 0 aliphatic rings. The molecule has 0 aliphatic heterocycles. The quantitative estimate of drug-likeness (QED) is 0.701. The van der Waals surface area contributed by atoms with Gasteiger partial charge >= 0.3 is 0 Å². The molecule has 0 atom stereocenters. The monoisotopic (exact) mass is 269 g/mol. The summed E-state index contributed by atoms with van der Waals surface area (Å²) in [5.74, 6) is -0.352. The lowest BCUT2D eigenvalue weighted by Crippen LogP contribution is -2.19. The van der Waals surface area contributed by atoms with Crippen LogP contribution in [-0.2, 0) is 6.54 Å². The Bertz CT molecular complexity index is 872. The van der Waals surface area contributed by atoms with E-state index in [0.29, 0.717) is 16.7 Å². The zero-order chi connectivity index (χ0) is 14.1. The summed E-state index contributed by atoms with van der Waals surface area (Å²) in [7, 11) is 0. The lowest BCUT2D eigenvalue weighted by atomic mass is 10.3. The Morgan fingerprint density at radius 3 is 2.75 bits per heavy atom. The first-order chi connectivity index (χ1) is 9.70. The Kier molecular flexibility index (Phi) is 2.76. The topological polar surface area (TPSA) is 76.5 Å². The van der Waals surface area contributed by atoms with Crippen LogP contribution >= 0.6 is 0 Å². The number of halogens is 1. The average molecular weight is 269 g/mol. The molecule has 0 bridgehead atoms. The van der Waals surface area contributed by atoms with Gasteiger partial charge in [-0.1, -0.05) is 0 Å². The largest absolute Gasteiger partial charge is 0.285 e. The Morgan fingerprint density at radius 2 is 2.05 bits per heavy atom. The third kappa shape index (κ3) is 1.83. The maximum Gasteiger partial charge on any atom is 0.265 e. The van der Waals surface area contributed by atoms with Gasteiger partial charge in [-0.05, 0) is 24.3 Å². The molecule has 3 aromatic rings. The van der Waals surface area contributed by atoms with E-state index in [-0.39, 0.29) is 17.9 Å². The second-order valence-electron chi connectivity index (χ2n) is 4.11. The van der Waals surface area contributed by atoms with Crippen LogP contribution in [0.15, 0.2) is 41.6 Å². The van der Waals surface area contributed by atoms with Crippen molar-refractivity contribution < 1.29 is 4.39 Å². The maximum atomic E-state index is 12.9. The van der Waals surface area contributed by atoms with Crippen LogP contribution in [-0.4, -0.2) is 19.3 Å². The second-order valence-corrected chi connectivity index (χ2v) is 4.11. The summed E-state index contributed by atoms with van der Waals surface area (Å²) in [6, 6.07) is 7.59. The normalized spacial score (nSPS) is 10.6. The van der Waals surface area contributed by atoms with Gasteiger partial charge < -0.3 is 0 Å². The Balaban J connectivity index is 2.20. The minimum atomic E-state index is -0.352. The zero-order valence-corrected chi connectivity index (χ0v) is 10.2. The smallest absolute Gasteiger partial charge is 0.265 e. The highest BCUT2D eigenvalue weighted by Crippen LogP contribution is 2.13. The van der Waals surface area contributed by atoms with Crippen molar-refractivity contribution in [1.29, 1.82) is 5.26 Å². The predicted molar refractivity (Wildman–Crippen MR) is 68.7 cm³/mol. The Hall–Kier alpha value is -3.01. The minimum Gasteiger partial charge on any atom is -0.285 e. The van der Waals surface area contributed by atoms with Crippen LogP contribution < -0.4 is 5.56 Å². The van der Waals surface area contributed by atoms with Crippen LogP contribution in [0, 0.1) is 17.1 Å². The number of nitriles is 1. The lowest BCUT2D eigenvalue weighted by molar-refractivity contribution is 0.627. The fourth-order valence-electron chi connectivity index (χ4n) is 1.91. The third-order valence-corrected chi connectivity index (χ3v) is 2.87. The molecule has 0 saturated heterocycles. The molecular weight excluding hydrogens is 261 g/mol. The number of hydrogen-bond acceptors (Lipinski definition) is 4. The first kappa shape index (κ1) is 12.0. The minimum absolute atomic E-state index is 0.0660. The summed E-state index contributed by atoms with van der Waals surface area (Å²) in [6.07, 6.45) is 2.69. The molecule has 6 nitrogen and oxygen atoms in total. The van der Waals surface area contributed by atoms with Crippen molar-refractivity contribution in [3.8, 4) is 11.8 Å². The van der Waals surface area contributed by atoms with Crippen molar-refractivity contribution in [2.45, 2.75) is 6.54 Å². The van der Waals surface area contributed by atoms with Gasteiger partial charge in [-0.2, -0.15) is 10.4 Å². The molecule has 2 aromatic heterocycles. The molecule has 20 heavy (non-hydrogen) atoms. The Labute approximate surface area is 112 Å². The van der Waals surface area contributed by atoms with Crippen molar-refractivity contribution >= 4 is 11.0 Å². The molecule has 0 unspecified atom stereocenters. The van der Waals surface area contributed by atoms with Crippen LogP contribution in [0.3, 0.4) is 0 Å². The molecule has 7 heteroatoms. The van der Waals surface area contributed by atoms with E-state index < -0.39 is 0 Å². The number of benzene rings is 1. The Morgan fingerprint density at radius 1 is 1.30 bits per heavy atom. The molecule has 0 amide bonds. The van der Waals surface area contributed by atoms with Gasteiger partial charge in [0.15, 0.2) is 5.65 Å². The van der Waals surface area contributed by atoms with Gasteiger partial charge in [-0.15, -0.1) is 0 Å². The molecular formula is C13H8FN5O. The number of fused-ring (bicyclic) bond motifs is 1. The van der Waals surface area contributed by atoms with E-state index in [1.54, 1.807) is 12.1 Å². The van der Waals surface area contributed by atoms with E-state index in [4.69, 9.17) is 5.26 Å². The fourth-order valence-corrected chi connectivity index (χ4v) is 1.91. The molecule has 3 rings (SSSR count). The molecule has 0 spiro atoms. The van der Waals surface area contributed by atoms with Crippen molar-refractivity contribution in [2.75, 3.05) is 0 Å². The number of aromatic nitrogens is 4. The van der Waals surface area contributed by atoms with Crippen LogP contribution in [0.2, 0.25) is 0 Å². The highest BCUT2D eigenvalue weighted by Gasteiger charge is 2.11. The van der Waals surface area contributed by atoms with Gasteiger partial charge in [0.25, 0.3) is 5.56 Å². The van der Waals surface area contributed by atoms with Crippen molar-refractivity contribution in [3.63, 3.8) is 0 Å². The highest BCUT2D eigenvalue weighted by molar-refractivity contribution is 5.74. The summed E-state index contributed by atoms with van der Waals surface area (Å²) in [6.45, 7) is -0.0660. The third-order valence-electron chi connectivity index (χ3n) is 2.87. The first-order valence-corrected chi connectivity index (χ1v) is 5.77. The van der Waals surface area contributed by atoms with Gasteiger partial charge in [0, 0.05) is 0 Å². The summed E-state index contributed by atoms with van der Waals surface area (Å²) in [5.41, 5.74) is 0.645. The maximum absolute atomic E-state index is 12.9. The van der Waals surface area contributed by atoms with Gasteiger partial charge in [0.05, 0.1) is 18.0 Å². The molecule has 0 aliphatic carbocycles. The molecule has 0 N–H and O–H groups in total. The van der Waals surface area contributed by atoms with Crippen molar-refractivity contribution in [2.24, 2.45) is 0 Å². The molecule has 0 radical (unpaired) electrons. The second kappa shape index (κ2) is 4.59. The summed E-state index contributed by atoms with van der Waals surface area (Å²) in [4.78, 5) is 16.2. The van der Waals surface area contributed by atoms with Crippen LogP contribution in [0.5, 0.6) is 0 Å². The van der Waals surface area contributed by atoms with Crippen LogP contribution in [0.25, 0.3) is 16.7 Å². The first-order valence-electron chi connectivity index (χ1n) is 5.77. The SMILES string of the molecule is N#CCn1cnc2c(cnn2-c2ccc(F)cc2)c1=O. The van der Waals surface area contributed by atoms with Gasteiger partial charge in [0.2, 0.25) is 0 Å². The number of nitrogens with zero attached hydrogens (tertiary/aromatic N) is 5. The number of hydrogen-bond donors (Lipinski definition) is 0. The zero-order valence-electron chi connectivity index (χ0n) is 10.2. The standard InChI is InChI=1S/C13H8FN5O/c14-9-1-3-10(4-2-9)19-12-11(7-17-19)13(20)18(6-5-15)8-16-12/h1-4,7-8H,6H2. The van der Waals surface area contributed by atoms with Crippen LogP contribution in [0.1, 0.15) is 0 Å². The van der Waals surface area contributed by atoms with Gasteiger partial charge in [0.1, 0.15) is 24.1 Å². The predicted octanol–water partition coefficient (Wildman–Crippen LogP) is 1.24. The van der Waals surface area contributed by atoms with Gasteiger partial charge in [-0.3, -0.25) is 9.36 Å². The van der Waals surface area contributed by atoms with E-state index >= 15 is 0 Å². The molecule has 98 valence electrons. The molecule has 0 saturated carbocycles. The van der Waals surface area contributed by atoms with Crippen molar-refractivity contribution in [3.05, 3.63) is 53.0 Å². The van der Waals surface area contributed by atoms with Gasteiger partial charge in [-0.25, -0.2) is 14.1 Å². The van der Waals surface area contributed by atoms with E-state index in [0.717, 1.165) is 0 Å².